The lowest BCUT2D eigenvalue weighted by Gasteiger charge is -2.35. The third kappa shape index (κ3) is 4.82. The zero-order chi connectivity index (χ0) is 15.1. The summed E-state index contributed by atoms with van der Waals surface area (Å²) < 4.78 is 11.0. The minimum atomic E-state index is 0.394. The van der Waals surface area contributed by atoms with Crippen molar-refractivity contribution in [3.8, 4) is 0 Å². The van der Waals surface area contributed by atoms with Crippen LogP contribution in [0, 0.1) is 0 Å². The Morgan fingerprint density at radius 2 is 1.90 bits per heavy atom. The maximum Gasteiger partial charge on any atom is 0.158 e. The van der Waals surface area contributed by atoms with Gasteiger partial charge in [-0.2, -0.15) is 0 Å². The predicted octanol–water partition coefficient (Wildman–Crippen LogP) is 2.42. The van der Waals surface area contributed by atoms with Gasteiger partial charge in [0.1, 0.15) is 18.2 Å². The molecule has 118 valence electrons. The Kier molecular flexibility index (Phi) is 6.20. The molecule has 0 bridgehead atoms. The van der Waals surface area contributed by atoms with E-state index >= 15 is 0 Å². The van der Waals surface area contributed by atoms with Crippen molar-refractivity contribution >= 4 is 11.6 Å². The number of hydrogen-bond donors (Lipinski definition) is 2. The summed E-state index contributed by atoms with van der Waals surface area (Å²) in [7, 11) is 0. The first-order chi connectivity index (χ1) is 10.2. The smallest absolute Gasteiger partial charge is 0.158 e. The van der Waals surface area contributed by atoms with Gasteiger partial charge in [-0.25, -0.2) is 9.97 Å². The maximum absolute atomic E-state index is 5.58. The number of nitrogens with zero attached hydrogens (tertiary/aromatic N) is 2. The zero-order valence-corrected chi connectivity index (χ0v) is 13.2. The first-order valence-electron chi connectivity index (χ1n) is 7.82. The van der Waals surface area contributed by atoms with Crippen molar-refractivity contribution in [3.63, 3.8) is 0 Å². The lowest BCUT2D eigenvalue weighted by atomic mass is 9.89. The van der Waals surface area contributed by atoms with Crippen molar-refractivity contribution in [2.45, 2.75) is 52.4 Å². The van der Waals surface area contributed by atoms with Crippen molar-refractivity contribution in [3.05, 3.63) is 11.9 Å². The molecule has 0 aromatic carbocycles. The fourth-order valence-corrected chi connectivity index (χ4v) is 2.37. The third-order valence-corrected chi connectivity index (χ3v) is 3.41. The molecule has 0 atom stereocenters. The number of ether oxygens (including phenoxy) is 2. The Hall–Kier alpha value is -1.40. The zero-order valence-electron chi connectivity index (χ0n) is 13.2. The van der Waals surface area contributed by atoms with E-state index in [1.807, 2.05) is 19.9 Å². The van der Waals surface area contributed by atoms with Crippen LogP contribution in [0.1, 0.15) is 39.4 Å². The SMILES string of the molecule is CCNc1cc(NC2CC(OCC)C2)nc(COCC)n1. The van der Waals surface area contributed by atoms with Gasteiger partial charge in [-0.1, -0.05) is 0 Å². The fourth-order valence-electron chi connectivity index (χ4n) is 2.37. The van der Waals surface area contributed by atoms with Gasteiger partial charge in [0, 0.05) is 31.9 Å². The monoisotopic (exact) mass is 294 g/mol. The molecule has 1 aliphatic rings. The maximum atomic E-state index is 5.58. The molecule has 1 aromatic heterocycles. The van der Waals surface area contributed by atoms with Crippen molar-refractivity contribution < 1.29 is 9.47 Å². The molecule has 1 aromatic rings. The van der Waals surface area contributed by atoms with E-state index in [-0.39, 0.29) is 0 Å². The molecule has 0 spiro atoms. The average molecular weight is 294 g/mol. The van der Waals surface area contributed by atoms with Crippen LogP contribution in [-0.2, 0) is 16.1 Å². The lowest BCUT2D eigenvalue weighted by Crippen LogP contribution is -2.41. The molecule has 2 N–H and O–H groups in total. The summed E-state index contributed by atoms with van der Waals surface area (Å²) in [6.07, 6.45) is 2.47. The molecule has 1 saturated carbocycles. The molecule has 2 rings (SSSR count). The fraction of sp³-hybridized carbons (Fsp3) is 0.733. The summed E-state index contributed by atoms with van der Waals surface area (Å²) in [5, 5.41) is 6.69. The molecule has 6 nitrogen and oxygen atoms in total. The standard InChI is InChI=1S/C15H26N4O2/c1-4-16-13-9-14(19-15(18-13)10-20-5-2)17-11-7-12(8-11)21-6-3/h9,11-12H,4-8,10H2,1-3H3,(H2,16,17,18,19). The van der Waals surface area contributed by atoms with Gasteiger partial charge >= 0.3 is 0 Å². The first-order valence-corrected chi connectivity index (χ1v) is 7.82. The van der Waals surface area contributed by atoms with Crippen LogP contribution in [0.2, 0.25) is 0 Å². The summed E-state index contributed by atoms with van der Waals surface area (Å²) in [6.45, 7) is 8.78. The Labute approximate surface area is 126 Å². The van der Waals surface area contributed by atoms with E-state index < -0.39 is 0 Å². The second-order valence-electron chi connectivity index (χ2n) is 5.11. The third-order valence-electron chi connectivity index (χ3n) is 3.41. The normalized spacial score (nSPS) is 20.9. The Morgan fingerprint density at radius 3 is 2.57 bits per heavy atom. The van der Waals surface area contributed by atoms with Crippen molar-refractivity contribution in [1.82, 2.24) is 9.97 Å². The highest BCUT2D eigenvalue weighted by atomic mass is 16.5. The van der Waals surface area contributed by atoms with Crippen LogP contribution >= 0.6 is 0 Å². The molecule has 1 heterocycles. The molecule has 0 amide bonds. The molecule has 0 radical (unpaired) electrons. The van der Waals surface area contributed by atoms with E-state index in [4.69, 9.17) is 9.47 Å². The average Bonchev–Trinajstić information content (AvgIpc) is 2.43. The van der Waals surface area contributed by atoms with E-state index in [2.05, 4.69) is 27.5 Å². The summed E-state index contributed by atoms with van der Waals surface area (Å²) in [5.41, 5.74) is 0. The highest BCUT2D eigenvalue weighted by Crippen LogP contribution is 2.26. The number of nitrogens with one attached hydrogen (secondary N) is 2. The molecule has 0 unspecified atom stereocenters. The lowest BCUT2D eigenvalue weighted by molar-refractivity contribution is 0.00291. The Bertz CT molecular complexity index is 436. The molecule has 1 aliphatic carbocycles. The Morgan fingerprint density at radius 1 is 1.14 bits per heavy atom. The van der Waals surface area contributed by atoms with E-state index in [9.17, 15) is 0 Å². The number of aromatic nitrogens is 2. The van der Waals surface area contributed by atoms with Gasteiger partial charge in [0.15, 0.2) is 5.82 Å². The highest BCUT2D eigenvalue weighted by molar-refractivity contribution is 5.48. The van der Waals surface area contributed by atoms with Gasteiger partial charge in [-0.05, 0) is 33.6 Å². The van der Waals surface area contributed by atoms with Crippen LogP contribution in [0.15, 0.2) is 6.07 Å². The van der Waals surface area contributed by atoms with Crippen LogP contribution in [-0.4, -0.2) is 41.9 Å². The van der Waals surface area contributed by atoms with Crippen LogP contribution in [0.4, 0.5) is 11.6 Å². The van der Waals surface area contributed by atoms with E-state index in [1.54, 1.807) is 0 Å². The van der Waals surface area contributed by atoms with Gasteiger partial charge in [0.05, 0.1) is 6.10 Å². The molecular formula is C15H26N4O2. The summed E-state index contributed by atoms with van der Waals surface area (Å²) in [6, 6.07) is 2.39. The summed E-state index contributed by atoms with van der Waals surface area (Å²) in [4.78, 5) is 8.96. The van der Waals surface area contributed by atoms with E-state index in [0.29, 0.717) is 31.2 Å². The van der Waals surface area contributed by atoms with Gasteiger partial charge in [0.25, 0.3) is 0 Å². The van der Waals surface area contributed by atoms with Crippen LogP contribution in [0.3, 0.4) is 0 Å². The van der Waals surface area contributed by atoms with E-state index in [1.165, 1.54) is 0 Å². The predicted molar refractivity (Wildman–Crippen MR) is 83.6 cm³/mol. The summed E-state index contributed by atoms with van der Waals surface area (Å²) >= 11 is 0. The number of anilines is 2. The largest absolute Gasteiger partial charge is 0.378 e. The minimum absolute atomic E-state index is 0.394. The van der Waals surface area contributed by atoms with Crippen molar-refractivity contribution in [1.29, 1.82) is 0 Å². The van der Waals surface area contributed by atoms with Crippen molar-refractivity contribution in [2.24, 2.45) is 0 Å². The number of hydrogen-bond acceptors (Lipinski definition) is 6. The molecule has 0 aliphatic heterocycles. The minimum Gasteiger partial charge on any atom is -0.378 e. The van der Waals surface area contributed by atoms with Gasteiger partial charge in [-0.3, -0.25) is 0 Å². The second kappa shape index (κ2) is 8.14. The number of rotatable bonds is 9. The quantitative estimate of drug-likeness (QED) is 0.729. The van der Waals surface area contributed by atoms with Gasteiger partial charge in [-0.15, -0.1) is 0 Å². The molecule has 0 saturated heterocycles. The molecular weight excluding hydrogens is 268 g/mol. The topological polar surface area (TPSA) is 68.3 Å². The molecule has 6 heteroatoms. The van der Waals surface area contributed by atoms with Gasteiger partial charge < -0.3 is 20.1 Å². The summed E-state index contributed by atoms with van der Waals surface area (Å²) in [5.74, 6) is 2.40. The Balaban J connectivity index is 1.95. The van der Waals surface area contributed by atoms with Crippen LogP contribution < -0.4 is 10.6 Å². The van der Waals surface area contributed by atoms with Crippen LogP contribution in [0.5, 0.6) is 0 Å². The highest BCUT2D eigenvalue weighted by Gasteiger charge is 2.29. The molecule has 21 heavy (non-hydrogen) atoms. The second-order valence-corrected chi connectivity index (χ2v) is 5.11. The first kappa shape index (κ1) is 16.0. The molecule has 1 fully saturated rings. The van der Waals surface area contributed by atoms with Crippen molar-refractivity contribution in [2.75, 3.05) is 30.4 Å². The van der Waals surface area contributed by atoms with E-state index in [0.717, 1.165) is 37.6 Å². The van der Waals surface area contributed by atoms with Gasteiger partial charge in [0.2, 0.25) is 0 Å². The van der Waals surface area contributed by atoms with Crippen LogP contribution in [0.25, 0.3) is 0 Å².